The van der Waals surface area contributed by atoms with Crippen LogP contribution in [0.4, 0.5) is 0 Å². The first-order valence-electron chi connectivity index (χ1n) is 5.03. The van der Waals surface area contributed by atoms with E-state index in [4.69, 9.17) is 0 Å². The van der Waals surface area contributed by atoms with Crippen molar-refractivity contribution in [3.05, 3.63) is 23.3 Å². The number of thiol groups is 1. The summed E-state index contributed by atoms with van der Waals surface area (Å²) in [6.45, 7) is 6.33. The predicted octanol–water partition coefficient (Wildman–Crippen LogP) is 3.92. The Balaban J connectivity index is 3.67. The molecule has 0 rings (SSSR count). The van der Waals surface area contributed by atoms with E-state index in [0.29, 0.717) is 6.42 Å². The van der Waals surface area contributed by atoms with Crippen LogP contribution < -0.4 is 0 Å². The Bertz CT molecular complexity index is 235. The third kappa shape index (κ3) is 9.59. The van der Waals surface area contributed by atoms with Crippen molar-refractivity contribution in [1.82, 2.24) is 0 Å². The van der Waals surface area contributed by atoms with Gasteiger partial charge in [-0.3, -0.25) is 4.79 Å². The molecule has 0 bridgehead atoms. The SMILES string of the molecule is CC(C)=CCCC(C)=CCCC(=O)S. The summed E-state index contributed by atoms with van der Waals surface area (Å²) in [4.78, 5) is 10.6. The summed E-state index contributed by atoms with van der Waals surface area (Å²) in [7, 11) is 0. The Labute approximate surface area is 92.7 Å². The van der Waals surface area contributed by atoms with E-state index in [1.165, 1.54) is 11.1 Å². The predicted molar refractivity (Wildman–Crippen MR) is 65.6 cm³/mol. The Morgan fingerprint density at radius 2 is 1.64 bits per heavy atom. The van der Waals surface area contributed by atoms with Crippen LogP contribution in [0.25, 0.3) is 0 Å². The molecular formula is C12H20OS. The smallest absolute Gasteiger partial charge is 0.186 e. The van der Waals surface area contributed by atoms with Gasteiger partial charge in [-0.25, -0.2) is 0 Å². The largest absolute Gasteiger partial charge is 0.287 e. The molecule has 0 spiro atoms. The fraction of sp³-hybridized carbons (Fsp3) is 0.583. The Morgan fingerprint density at radius 1 is 1.07 bits per heavy atom. The third-order valence-electron chi connectivity index (χ3n) is 1.94. The van der Waals surface area contributed by atoms with Crippen molar-refractivity contribution in [2.75, 3.05) is 0 Å². The number of carbonyl (C=O) groups is 1. The van der Waals surface area contributed by atoms with Gasteiger partial charge in [-0.1, -0.05) is 23.3 Å². The first-order valence-corrected chi connectivity index (χ1v) is 5.48. The summed E-state index contributed by atoms with van der Waals surface area (Å²) in [5.41, 5.74) is 2.72. The van der Waals surface area contributed by atoms with Crippen molar-refractivity contribution < 1.29 is 4.79 Å². The second-order valence-corrected chi connectivity index (χ2v) is 4.30. The zero-order chi connectivity index (χ0) is 11.0. The van der Waals surface area contributed by atoms with Gasteiger partial charge in [-0.2, -0.15) is 0 Å². The van der Waals surface area contributed by atoms with E-state index in [2.05, 4.69) is 45.6 Å². The van der Waals surface area contributed by atoms with Crippen LogP contribution in [0.2, 0.25) is 0 Å². The molecule has 0 aliphatic carbocycles. The highest BCUT2D eigenvalue weighted by Crippen LogP contribution is 2.08. The molecule has 2 heteroatoms. The zero-order valence-corrected chi connectivity index (χ0v) is 10.2. The molecule has 1 nitrogen and oxygen atoms in total. The van der Waals surface area contributed by atoms with Gasteiger partial charge in [0, 0.05) is 6.42 Å². The molecule has 0 saturated heterocycles. The van der Waals surface area contributed by atoms with Gasteiger partial charge in [-0.15, -0.1) is 12.6 Å². The lowest BCUT2D eigenvalue weighted by Gasteiger charge is -1.98. The second kappa shape index (κ2) is 7.86. The van der Waals surface area contributed by atoms with Gasteiger partial charge in [0.2, 0.25) is 0 Å². The van der Waals surface area contributed by atoms with Gasteiger partial charge in [0.05, 0.1) is 0 Å². The van der Waals surface area contributed by atoms with Crippen LogP contribution >= 0.6 is 12.6 Å². The maximum Gasteiger partial charge on any atom is 0.186 e. The number of hydrogen-bond donors (Lipinski definition) is 1. The molecule has 0 fully saturated rings. The fourth-order valence-corrected chi connectivity index (χ4v) is 1.26. The normalized spacial score (nSPS) is 11.3. The van der Waals surface area contributed by atoms with Crippen molar-refractivity contribution in [3.8, 4) is 0 Å². The summed E-state index contributed by atoms with van der Waals surface area (Å²) in [5.74, 6) is 0. The Morgan fingerprint density at radius 3 is 2.14 bits per heavy atom. The quantitative estimate of drug-likeness (QED) is 0.521. The maximum atomic E-state index is 10.6. The molecule has 0 N–H and O–H groups in total. The van der Waals surface area contributed by atoms with Crippen LogP contribution in [0.15, 0.2) is 23.3 Å². The number of hydrogen-bond acceptors (Lipinski definition) is 1. The summed E-state index contributed by atoms with van der Waals surface area (Å²) in [6.07, 6.45) is 7.92. The zero-order valence-electron chi connectivity index (χ0n) is 9.34. The average molecular weight is 212 g/mol. The van der Waals surface area contributed by atoms with Gasteiger partial charge in [0.25, 0.3) is 0 Å². The molecule has 0 saturated carbocycles. The maximum absolute atomic E-state index is 10.6. The minimum Gasteiger partial charge on any atom is -0.287 e. The van der Waals surface area contributed by atoms with Crippen molar-refractivity contribution in [2.24, 2.45) is 0 Å². The summed E-state index contributed by atoms with van der Waals surface area (Å²) in [5, 5.41) is -0.0293. The minimum absolute atomic E-state index is 0.0293. The first kappa shape index (κ1) is 13.5. The lowest BCUT2D eigenvalue weighted by molar-refractivity contribution is -0.110. The van der Waals surface area contributed by atoms with E-state index in [1.54, 1.807) is 0 Å². The molecular weight excluding hydrogens is 192 g/mol. The molecule has 14 heavy (non-hydrogen) atoms. The lowest BCUT2D eigenvalue weighted by atomic mass is 10.1. The molecule has 0 aromatic heterocycles. The first-order chi connectivity index (χ1) is 6.52. The molecule has 0 heterocycles. The van der Waals surface area contributed by atoms with Crippen molar-refractivity contribution in [1.29, 1.82) is 0 Å². The van der Waals surface area contributed by atoms with Crippen LogP contribution in [0.3, 0.4) is 0 Å². The Hall–Kier alpha value is -0.500. The van der Waals surface area contributed by atoms with E-state index >= 15 is 0 Å². The van der Waals surface area contributed by atoms with Crippen LogP contribution in [0.5, 0.6) is 0 Å². The molecule has 0 radical (unpaired) electrons. The van der Waals surface area contributed by atoms with E-state index in [-0.39, 0.29) is 5.12 Å². The molecule has 0 aliphatic rings. The van der Waals surface area contributed by atoms with Gasteiger partial charge in [0.15, 0.2) is 5.12 Å². The van der Waals surface area contributed by atoms with Crippen LogP contribution in [-0.2, 0) is 4.79 Å². The topological polar surface area (TPSA) is 17.1 Å². The van der Waals surface area contributed by atoms with E-state index in [1.807, 2.05) is 0 Å². The van der Waals surface area contributed by atoms with Crippen LogP contribution in [-0.4, -0.2) is 5.12 Å². The van der Waals surface area contributed by atoms with E-state index < -0.39 is 0 Å². The molecule has 0 unspecified atom stereocenters. The molecule has 80 valence electrons. The van der Waals surface area contributed by atoms with E-state index in [9.17, 15) is 4.79 Å². The standard InChI is InChI=1S/C12H20OS/c1-10(2)6-4-7-11(3)8-5-9-12(13)14/h6,8H,4-5,7,9H2,1-3H3,(H,13,14). The van der Waals surface area contributed by atoms with Gasteiger partial charge >= 0.3 is 0 Å². The minimum atomic E-state index is -0.0293. The summed E-state index contributed by atoms with van der Waals surface area (Å²) < 4.78 is 0. The van der Waals surface area contributed by atoms with E-state index in [0.717, 1.165) is 19.3 Å². The molecule has 0 aromatic carbocycles. The van der Waals surface area contributed by atoms with Crippen LogP contribution in [0, 0.1) is 0 Å². The number of allylic oxidation sites excluding steroid dienone is 4. The molecule has 0 amide bonds. The number of rotatable bonds is 6. The molecule has 0 atom stereocenters. The van der Waals surface area contributed by atoms with Crippen molar-refractivity contribution in [2.45, 2.75) is 46.5 Å². The molecule has 0 aromatic rings. The van der Waals surface area contributed by atoms with Crippen molar-refractivity contribution >= 4 is 17.7 Å². The lowest BCUT2D eigenvalue weighted by Crippen LogP contribution is -1.84. The third-order valence-corrected chi connectivity index (χ3v) is 2.17. The highest BCUT2D eigenvalue weighted by molar-refractivity contribution is 7.96. The van der Waals surface area contributed by atoms with Crippen molar-refractivity contribution in [3.63, 3.8) is 0 Å². The Kier molecular flexibility index (Phi) is 7.58. The average Bonchev–Trinajstić information content (AvgIpc) is 2.02. The van der Waals surface area contributed by atoms with Gasteiger partial charge in [-0.05, 0) is 40.0 Å². The summed E-state index contributed by atoms with van der Waals surface area (Å²) >= 11 is 3.72. The van der Waals surface area contributed by atoms with Crippen LogP contribution in [0.1, 0.15) is 46.5 Å². The van der Waals surface area contributed by atoms with Gasteiger partial charge < -0.3 is 0 Å². The highest BCUT2D eigenvalue weighted by atomic mass is 32.1. The van der Waals surface area contributed by atoms with Gasteiger partial charge in [0.1, 0.15) is 0 Å². The highest BCUT2D eigenvalue weighted by Gasteiger charge is 1.92. The monoisotopic (exact) mass is 212 g/mol. The summed E-state index contributed by atoms with van der Waals surface area (Å²) in [6, 6.07) is 0. The number of carbonyl (C=O) groups excluding carboxylic acids is 1. The molecule has 0 aliphatic heterocycles. The fourth-order valence-electron chi connectivity index (χ4n) is 1.13. The second-order valence-electron chi connectivity index (χ2n) is 3.80.